The first-order chi connectivity index (χ1) is 9.19. The number of amides is 1. The van der Waals surface area contributed by atoms with Gasteiger partial charge in [0.15, 0.2) is 0 Å². The second kappa shape index (κ2) is 6.54. The van der Waals surface area contributed by atoms with Crippen molar-refractivity contribution in [2.75, 3.05) is 39.3 Å². The molecular weight excluding hydrogens is 244 g/mol. The number of hydrogen-bond donors (Lipinski definition) is 1. The highest BCUT2D eigenvalue weighted by molar-refractivity contribution is 5.91. The van der Waals surface area contributed by atoms with Crippen LogP contribution in [0.1, 0.15) is 11.5 Å². The standard InChI is InChI=1S/C14H20N2O3/c1-12-2-3-13(19-12)4-5-14(18)16-8-6-15(7-9-16)10-11-17/h2-5,17H,6-11H2,1H3. The Balaban J connectivity index is 1.83. The lowest BCUT2D eigenvalue weighted by atomic mass is 10.3. The van der Waals surface area contributed by atoms with Crippen LogP contribution in [0.15, 0.2) is 22.6 Å². The number of hydrogen-bond acceptors (Lipinski definition) is 4. The van der Waals surface area contributed by atoms with E-state index in [1.807, 2.05) is 24.0 Å². The van der Waals surface area contributed by atoms with E-state index >= 15 is 0 Å². The van der Waals surface area contributed by atoms with E-state index < -0.39 is 0 Å². The first-order valence-corrected chi connectivity index (χ1v) is 6.55. The third-order valence-electron chi connectivity index (χ3n) is 3.25. The van der Waals surface area contributed by atoms with Crippen molar-refractivity contribution in [1.29, 1.82) is 0 Å². The van der Waals surface area contributed by atoms with Gasteiger partial charge < -0.3 is 14.4 Å². The molecule has 0 saturated carbocycles. The molecule has 19 heavy (non-hydrogen) atoms. The number of aliphatic hydroxyl groups is 1. The number of piperazine rings is 1. The molecule has 1 saturated heterocycles. The van der Waals surface area contributed by atoms with Crippen LogP contribution in [-0.2, 0) is 4.79 Å². The Labute approximate surface area is 113 Å². The van der Waals surface area contributed by atoms with Crippen LogP contribution in [-0.4, -0.2) is 60.1 Å². The van der Waals surface area contributed by atoms with E-state index in [4.69, 9.17) is 9.52 Å². The average molecular weight is 264 g/mol. The SMILES string of the molecule is Cc1ccc(C=CC(=O)N2CCN(CCO)CC2)o1. The van der Waals surface area contributed by atoms with Gasteiger partial charge in [0.1, 0.15) is 11.5 Å². The molecule has 1 fully saturated rings. The maximum atomic E-state index is 12.0. The van der Waals surface area contributed by atoms with Crippen molar-refractivity contribution in [1.82, 2.24) is 9.80 Å². The predicted octanol–water partition coefficient (Wildman–Crippen LogP) is 0.738. The summed E-state index contributed by atoms with van der Waals surface area (Å²) >= 11 is 0. The lowest BCUT2D eigenvalue weighted by Crippen LogP contribution is -2.48. The Morgan fingerprint density at radius 3 is 2.68 bits per heavy atom. The Morgan fingerprint density at radius 1 is 1.37 bits per heavy atom. The minimum Gasteiger partial charge on any atom is -0.462 e. The van der Waals surface area contributed by atoms with E-state index in [2.05, 4.69) is 4.90 Å². The number of nitrogens with zero attached hydrogens (tertiary/aromatic N) is 2. The van der Waals surface area contributed by atoms with Crippen LogP contribution in [0, 0.1) is 6.92 Å². The number of aliphatic hydroxyl groups excluding tert-OH is 1. The lowest BCUT2D eigenvalue weighted by Gasteiger charge is -2.33. The van der Waals surface area contributed by atoms with Gasteiger partial charge in [0.25, 0.3) is 0 Å². The topological polar surface area (TPSA) is 56.9 Å². The summed E-state index contributed by atoms with van der Waals surface area (Å²) in [5, 5.41) is 8.86. The van der Waals surface area contributed by atoms with Gasteiger partial charge in [-0.1, -0.05) is 0 Å². The maximum Gasteiger partial charge on any atom is 0.246 e. The smallest absolute Gasteiger partial charge is 0.246 e. The Kier molecular flexibility index (Phi) is 4.76. The molecule has 0 bridgehead atoms. The molecule has 0 unspecified atom stereocenters. The van der Waals surface area contributed by atoms with Crippen LogP contribution in [0.25, 0.3) is 6.08 Å². The zero-order valence-electron chi connectivity index (χ0n) is 11.2. The normalized spacial score (nSPS) is 17.3. The highest BCUT2D eigenvalue weighted by Gasteiger charge is 2.18. The molecular formula is C14H20N2O3. The zero-order chi connectivity index (χ0) is 13.7. The fraction of sp³-hybridized carbons (Fsp3) is 0.500. The van der Waals surface area contributed by atoms with E-state index in [1.54, 1.807) is 12.2 Å². The summed E-state index contributed by atoms with van der Waals surface area (Å²) in [7, 11) is 0. The Bertz CT molecular complexity index is 445. The predicted molar refractivity (Wildman–Crippen MR) is 72.6 cm³/mol. The van der Waals surface area contributed by atoms with Crippen LogP contribution in [0.4, 0.5) is 0 Å². The largest absolute Gasteiger partial charge is 0.462 e. The minimum absolute atomic E-state index is 0.0118. The van der Waals surface area contributed by atoms with Crippen LogP contribution >= 0.6 is 0 Å². The number of aryl methyl sites for hydroxylation is 1. The number of carbonyl (C=O) groups is 1. The van der Waals surface area contributed by atoms with Crippen LogP contribution in [0.3, 0.4) is 0 Å². The molecule has 0 aromatic carbocycles. The monoisotopic (exact) mass is 264 g/mol. The van der Waals surface area contributed by atoms with Crippen LogP contribution < -0.4 is 0 Å². The summed E-state index contributed by atoms with van der Waals surface area (Å²) in [5.41, 5.74) is 0. The van der Waals surface area contributed by atoms with Crippen molar-refractivity contribution < 1.29 is 14.3 Å². The summed E-state index contributed by atoms with van der Waals surface area (Å²) in [6.45, 7) is 5.79. The second-order valence-electron chi connectivity index (χ2n) is 4.67. The third-order valence-corrected chi connectivity index (χ3v) is 3.25. The van der Waals surface area contributed by atoms with E-state index in [9.17, 15) is 4.79 Å². The molecule has 0 atom stereocenters. The van der Waals surface area contributed by atoms with Crippen molar-refractivity contribution in [3.63, 3.8) is 0 Å². The summed E-state index contributed by atoms with van der Waals surface area (Å²) < 4.78 is 5.38. The van der Waals surface area contributed by atoms with E-state index in [0.717, 1.165) is 18.8 Å². The van der Waals surface area contributed by atoms with Gasteiger partial charge in [-0.2, -0.15) is 0 Å². The summed E-state index contributed by atoms with van der Waals surface area (Å²) in [4.78, 5) is 15.9. The van der Waals surface area contributed by atoms with E-state index in [0.29, 0.717) is 25.4 Å². The summed E-state index contributed by atoms with van der Waals surface area (Å²) in [5.74, 6) is 1.55. The van der Waals surface area contributed by atoms with Gasteiger partial charge in [-0.3, -0.25) is 9.69 Å². The Morgan fingerprint density at radius 2 is 2.11 bits per heavy atom. The van der Waals surface area contributed by atoms with Crippen molar-refractivity contribution in [3.8, 4) is 0 Å². The number of rotatable bonds is 4. The lowest BCUT2D eigenvalue weighted by molar-refractivity contribution is -0.127. The third kappa shape index (κ3) is 3.94. The van der Waals surface area contributed by atoms with Gasteiger partial charge >= 0.3 is 0 Å². The molecule has 5 nitrogen and oxygen atoms in total. The van der Waals surface area contributed by atoms with Gasteiger partial charge in [0.2, 0.25) is 5.91 Å². The molecule has 2 heterocycles. The zero-order valence-corrected chi connectivity index (χ0v) is 11.2. The van der Waals surface area contributed by atoms with Gasteiger partial charge in [0, 0.05) is 38.8 Å². The maximum absolute atomic E-state index is 12.0. The van der Waals surface area contributed by atoms with Gasteiger partial charge in [-0.25, -0.2) is 0 Å². The van der Waals surface area contributed by atoms with Crippen molar-refractivity contribution in [3.05, 3.63) is 29.7 Å². The molecule has 1 aromatic rings. The first kappa shape index (κ1) is 13.8. The fourth-order valence-electron chi connectivity index (χ4n) is 2.14. The highest BCUT2D eigenvalue weighted by atomic mass is 16.3. The fourth-order valence-corrected chi connectivity index (χ4v) is 2.14. The molecule has 0 radical (unpaired) electrons. The van der Waals surface area contributed by atoms with Crippen molar-refractivity contribution >= 4 is 12.0 Å². The molecule has 104 valence electrons. The second-order valence-corrected chi connectivity index (χ2v) is 4.67. The molecule has 2 rings (SSSR count). The summed E-state index contributed by atoms with van der Waals surface area (Å²) in [6, 6.07) is 3.72. The van der Waals surface area contributed by atoms with Crippen LogP contribution in [0.2, 0.25) is 0 Å². The van der Waals surface area contributed by atoms with E-state index in [1.165, 1.54) is 0 Å². The van der Waals surface area contributed by atoms with E-state index in [-0.39, 0.29) is 12.5 Å². The van der Waals surface area contributed by atoms with Gasteiger partial charge in [0.05, 0.1) is 6.61 Å². The molecule has 5 heteroatoms. The first-order valence-electron chi connectivity index (χ1n) is 6.55. The quantitative estimate of drug-likeness (QED) is 0.815. The van der Waals surface area contributed by atoms with Crippen LogP contribution in [0.5, 0.6) is 0 Å². The van der Waals surface area contributed by atoms with Crippen molar-refractivity contribution in [2.45, 2.75) is 6.92 Å². The number of β-amino-alcohol motifs (C(OH)–C–C–N with tert-alkyl or cyclic N) is 1. The molecule has 1 N–H and O–H groups in total. The molecule has 1 amide bonds. The molecule has 0 aliphatic carbocycles. The van der Waals surface area contributed by atoms with Gasteiger partial charge in [-0.05, 0) is 25.1 Å². The molecule has 1 aliphatic heterocycles. The molecule has 0 spiro atoms. The van der Waals surface area contributed by atoms with Gasteiger partial charge in [-0.15, -0.1) is 0 Å². The highest BCUT2D eigenvalue weighted by Crippen LogP contribution is 2.09. The molecule has 1 aliphatic rings. The Hall–Kier alpha value is -1.59. The molecule has 1 aromatic heterocycles. The van der Waals surface area contributed by atoms with Crippen molar-refractivity contribution in [2.24, 2.45) is 0 Å². The minimum atomic E-state index is 0.0118. The summed E-state index contributed by atoms with van der Waals surface area (Å²) in [6.07, 6.45) is 3.26. The average Bonchev–Trinajstić information content (AvgIpc) is 2.83. The number of furan rings is 1. The number of carbonyl (C=O) groups excluding carboxylic acids is 1.